The maximum absolute atomic E-state index is 14.1. The molecule has 4 rings (SSSR count). The Morgan fingerprint density at radius 3 is 2.88 bits per heavy atom. The van der Waals surface area contributed by atoms with E-state index < -0.39 is 30.7 Å². The number of alkyl halides is 2. The smallest absolute Gasteiger partial charge is 0.267 e. The largest absolute Gasteiger partial charge is 0.343 e. The molecule has 0 saturated carbocycles. The van der Waals surface area contributed by atoms with Crippen molar-refractivity contribution in [3.63, 3.8) is 0 Å². The highest BCUT2D eigenvalue weighted by atomic mass is 19.3. The zero-order chi connectivity index (χ0) is 17.6. The minimum absolute atomic E-state index is 0.247. The van der Waals surface area contributed by atoms with Crippen LogP contribution >= 0.6 is 0 Å². The second-order valence-corrected chi connectivity index (χ2v) is 5.86. The summed E-state index contributed by atoms with van der Waals surface area (Å²) in [7, 11) is 0. The predicted molar refractivity (Wildman–Crippen MR) is 81.5 cm³/mol. The molecule has 3 aromatic heterocycles. The number of nitrogens with zero attached hydrogens (tertiary/aromatic N) is 6. The lowest BCUT2D eigenvalue weighted by Gasteiger charge is -2.25. The van der Waals surface area contributed by atoms with Gasteiger partial charge in [-0.05, 0) is 17.7 Å². The average Bonchev–Trinajstić information content (AvgIpc) is 3.14. The fourth-order valence-electron chi connectivity index (χ4n) is 3.06. The average molecular weight is 344 g/mol. The highest BCUT2D eigenvalue weighted by Crippen LogP contribution is 2.43. The quantitative estimate of drug-likeness (QED) is 0.715. The third-order valence-electron chi connectivity index (χ3n) is 4.15. The van der Waals surface area contributed by atoms with E-state index in [1.165, 1.54) is 27.9 Å². The predicted octanol–water partition coefficient (Wildman–Crippen LogP) is 2.72. The summed E-state index contributed by atoms with van der Waals surface area (Å²) in [6, 6.07) is 3.94. The second kappa shape index (κ2) is 5.44. The first-order valence-corrected chi connectivity index (χ1v) is 7.46. The summed E-state index contributed by atoms with van der Waals surface area (Å²) in [5, 5.41) is 13.1. The minimum Gasteiger partial charge on any atom is -0.343 e. The van der Waals surface area contributed by atoms with Crippen LogP contribution in [0.15, 0.2) is 36.9 Å². The van der Waals surface area contributed by atoms with Crippen LogP contribution in [0.5, 0.6) is 0 Å². The van der Waals surface area contributed by atoms with Gasteiger partial charge in [0.2, 0.25) is 0 Å². The molecule has 1 atom stereocenters. The second-order valence-electron chi connectivity index (χ2n) is 5.86. The number of pyridine rings is 1. The van der Waals surface area contributed by atoms with Crippen molar-refractivity contribution in [2.75, 3.05) is 11.4 Å². The van der Waals surface area contributed by atoms with Gasteiger partial charge in [-0.3, -0.25) is 4.98 Å². The molecule has 0 N–H and O–H groups in total. The van der Waals surface area contributed by atoms with Crippen molar-refractivity contribution in [2.24, 2.45) is 0 Å². The van der Waals surface area contributed by atoms with Crippen molar-refractivity contribution in [1.29, 1.82) is 5.26 Å². The van der Waals surface area contributed by atoms with E-state index in [1.54, 1.807) is 12.3 Å². The van der Waals surface area contributed by atoms with Gasteiger partial charge in [-0.2, -0.15) is 10.4 Å². The maximum Gasteiger partial charge on any atom is 0.267 e. The summed E-state index contributed by atoms with van der Waals surface area (Å²) in [6.45, 7) is -0.548. The van der Waals surface area contributed by atoms with Gasteiger partial charge in [-0.1, -0.05) is 0 Å². The lowest BCUT2D eigenvalue weighted by Crippen LogP contribution is -2.27. The molecule has 0 unspecified atom stereocenters. The van der Waals surface area contributed by atoms with Gasteiger partial charge in [0.25, 0.3) is 5.92 Å². The van der Waals surface area contributed by atoms with E-state index >= 15 is 0 Å². The Bertz CT molecular complexity index is 993. The fourth-order valence-corrected chi connectivity index (χ4v) is 3.06. The molecule has 0 aromatic carbocycles. The van der Waals surface area contributed by atoms with Crippen molar-refractivity contribution in [1.82, 2.24) is 19.6 Å². The molecule has 0 amide bonds. The highest BCUT2D eigenvalue weighted by Gasteiger charge is 2.46. The molecule has 0 spiro atoms. The molecule has 1 fully saturated rings. The van der Waals surface area contributed by atoms with Crippen LogP contribution in [0.2, 0.25) is 0 Å². The first-order valence-electron chi connectivity index (χ1n) is 7.46. The van der Waals surface area contributed by atoms with Crippen molar-refractivity contribution >= 4 is 11.5 Å². The summed E-state index contributed by atoms with van der Waals surface area (Å²) in [4.78, 5) is 9.47. The van der Waals surface area contributed by atoms with E-state index in [2.05, 4.69) is 15.1 Å². The molecule has 9 heteroatoms. The number of halogens is 3. The molecule has 1 aliphatic rings. The number of fused-ring (bicyclic) bond motifs is 1. The van der Waals surface area contributed by atoms with Crippen LogP contribution in [-0.4, -0.2) is 32.0 Å². The number of rotatable bonds is 2. The van der Waals surface area contributed by atoms with Crippen molar-refractivity contribution < 1.29 is 13.2 Å². The van der Waals surface area contributed by atoms with Crippen LogP contribution in [0.25, 0.3) is 5.65 Å². The Balaban J connectivity index is 1.80. The summed E-state index contributed by atoms with van der Waals surface area (Å²) in [5.41, 5.74) is 0.885. The van der Waals surface area contributed by atoms with Crippen molar-refractivity contribution in [2.45, 2.75) is 18.4 Å². The van der Waals surface area contributed by atoms with Gasteiger partial charge < -0.3 is 4.90 Å². The molecular weight excluding hydrogens is 333 g/mol. The summed E-state index contributed by atoms with van der Waals surface area (Å²) in [6.07, 6.45) is 4.85. The lowest BCUT2D eigenvalue weighted by atomic mass is 10.1. The molecule has 0 aliphatic carbocycles. The van der Waals surface area contributed by atoms with Crippen LogP contribution in [0.1, 0.15) is 23.6 Å². The summed E-state index contributed by atoms with van der Waals surface area (Å²) in [5.74, 6) is -3.25. The van der Waals surface area contributed by atoms with E-state index in [9.17, 15) is 13.2 Å². The molecule has 1 saturated heterocycles. The fraction of sp³-hybridized carbons (Fsp3) is 0.250. The third-order valence-corrected chi connectivity index (χ3v) is 4.15. The van der Waals surface area contributed by atoms with E-state index in [4.69, 9.17) is 5.26 Å². The summed E-state index contributed by atoms with van der Waals surface area (Å²) < 4.78 is 43.0. The maximum atomic E-state index is 14.1. The standard InChI is InChI=1S/C16H11F3N6/c17-12-3-10(6-21-8-12)13-4-16(18,19)9-24(13)14-1-2-25-15(23-14)11(5-20)7-22-25/h1-3,6-8,13H,4,9H2/t13-/m1/s1. The van der Waals surface area contributed by atoms with E-state index in [-0.39, 0.29) is 17.0 Å². The molecule has 3 aromatic rings. The molecule has 25 heavy (non-hydrogen) atoms. The Morgan fingerprint density at radius 1 is 1.28 bits per heavy atom. The van der Waals surface area contributed by atoms with Gasteiger partial charge in [0.15, 0.2) is 5.65 Å². The molecule has 0 bridgehead atoms. The Kier molecular flexibility index (Phi) is 3.35. The molecule has 126 valence electrons. The minimum atomic E-state index is -2.94. The lowest BCUT2D eigenvalue weighted by molar-refractivity contribution is 0.0222. The van der Waals surface area contributed by atoms with Crippen LogP contribution in [0.4, 0.5) is 19.0 Å². The van der Waals surface area contributed by atoms with Gasteiger partial charge in [-0.15, -0.1) is 0 Å². The summed E-state index contributed by atoms with van der Waals surface area (Å²) >= 11 is 0. The van der Waals surface area contributed by atoms with E-state index in [0.29, 0.717) is 5.56 Å². The van der Waals surface area contributed by atoms with Crippen LogP contribution in [0, 0.1) is 17.1 Å². The Hall–Kier alpha value is -3.15. The normalized spacial score (nSPS) is 19.3. The number of hydrogen-bond donors (Lipinski definition) is 0. The third kappa shape index (κ3) is 2.65. The highest BCUT2D eigenvalue weighted by molar-refractivity contribution is 5.58. The van der Waals surface area contributed by atoms with Crippen LogP contribution in [-0.2, 0) is 0 Å². The Morgan fingerprint density at radius 2 is 2.12 bits per heavy atom. The van der Waals surface area contributed by atoms with Crippen LogP contribution < -0.4 is 4.90 Å². The monoisotopic (exact) mass is 344 g/mol. The number of nitriles is 1. The number of hydrogen-bond acceptors (Lipinski definition) is 5. The zero-order valence-electron chi connectivity index (χ0n) is 12.8. The van der Waals surface area contributed by atoms with Gasteiger partial charge in [0.1, 0.15) is 23.3 Å². The van der Waals surface area contributed by atoms with Crippen molar-refractivity contribution in [3.05, 3.63) is 53.9 Å². The van der Waals surface area contributed by atoms with Gasteiger partial charge in [0.05, 0.1) is 25.0 Å². The Labute approximate surface area is 140 Å². The van der Waals surface area contributed by atoms with Crippen molar-refractivity contribution in [3.8, 4) is 6.07 Å². The van der Waals surface area contributed by atoms with E-state index in [1.807, 2.05) is 6.07 Å². The zero-order valence-corrected chi connectivity index (χ0v) is 12.8. The van der Waals surface area contributed by atoms with Gasteiger partial charge in [-0.25, -0.2) is 22.7 Å². The van der Waals surface area contributed by atoms with Crippen LogP contribution in [0.3, 0.4) is 0 Å². The SMILES string of the molecule is N#Cc1cnn2ccc(N3CC(F)(F)C[C@@H]3c3cncc(F)c3)nc12. The van der Waals surface area contributed by atoms with E-state index in [0.717, 1.165) is 6.20 Å². The first kappa shape index (κ1) is 15.4. The number of anilines is 1. The van der Waals surface area contributed by atoms with Gasteiger partial charge >= 0.3 is 0 Å². The topological polar surface area (TPSA) is 70.1 Å². The molecule has 1 aliphatic heterocycles. The first-order chi connectivity index (χ1) is 12.0. The molecule has 4 heterocycles. The molecule has 0 radical (unpaired) electrons. The molecule has 6 nitrogen and oxygen atoms in total. The molecular formula is C16H11F3N6. The van der Waals surface area contributed by atoms with Gasteiger partial charge in [0, 0.05) is 18.8 Å². The number of aromatic nitrogens is 4.